The van der Waals surface area contributed by atoms with E-state index < -0.39 is 0 Å². The highest BCUT2D eigenvalue weighted by Gasteiger charge is 2.24. The summed E-state index contributed by atoms with van der Waals surface area (Å²) in [6, 6.07) is 9.28. The molecule has 1 aliphatic rings. The Morgan fingerprint density at radius 2 is 2.44 bits per heavy atom. The number of hydrogen-bond acceptors (Lipinski definition) is 2. The summed E-state index contributed by atoms with van der Waals surface area (Å²) < 4.78 is 1.18. The highest BCUT2D eigenvalue weighted by Crippen LogP contribution is 2.28. The Labute approximate surface area is 111 Å². The first kappa shape index (κ1) is 12.5. The standard InChI is InChI=1S/C13H18BrNS/c1-15-13(11-5-6-16-9-11)8-10-3-2-4-12(14)7-10/h2-4,7,11,13,15H,5-6,8-9H2,1H3. The predicted molar refractivity (Wildman–Crippen MR) is 76.1 cm³/mol. The van der Waals surface area contributed by atoms with E-state index in [2.05, 4.69) is 64.3 Å². The lowest BCUT2D eigenvalue weighted by atomic mass is 9.93. The minimum absolute atomic E-state index is 0.629. The molecule has 1 aromatic rings. The van der Waals surface area contributed by atoms with Crippen LogP contribution in [-0.4, -0.2) is 24.6 Å². The van der Waals surface area contributed by atoms with Crippen molar-refractivity contribution in [1.82, 2.24) is 5.32 Å². The van der Waals surface area contributed by atoms with Crippen molar-refractivity contribution in [3.63, 3.8) is 0 Å². The van der Waals surface area contributed by atoms with Crippen LogP contribution in [0.3, 0.4) is 0 Å². The van der Waals surface area contributed by atoms with E-state index in [1.165, 1.54) is 28.0 Å². The molecule has 2 unspecified atom stereocenters. The molecule has 0 bridgehead atoms. The summed E-state index contributed by atoms with van der Waals surface area (Å²) in [5.74, 6) is 3.50. The van der Waals surface area contributed by atoms with Gasteiger partial charge in [-0.05, 0) is 55.0 Å². The molecule has 2 rings (SSSR count). The van der Waals surface area contributed by atoms with Crippen molar-refractivity contribution in [2.24, 2.45) is 5.92 Å². The van der Waals surface area contributed by atoms with Gasteiger partial charge in [0.25, 0.3) is 0 Å². The lowest BCUT2D eigenvalue weighted by Crippen LogP contribution is -2.35. The van der Waals surface area contributed by atoms with Crippen LogP contribution in [0.4, 0.5) is 0 Å². The van der Waals surface area contributed by atoms with Crippen molar-refractivity contribution in [2.75, 3.05) is 18.6 Å². The zero-order valence-electron chi connectivity index (χ0n) is 9.58. The summed E-state index contributed by atoms with van der Waals surface area (Å²) in [6.45, 7) is 0. The van der Waals surface area contributed by atoms with Gasteiger partial charge in [0.05, 0.1) is 0 Å². The van der Waals surface area contributed by atoms with Gasteiger partial charge in [-0.15, -0.1) is 0 Å². The van der Waals surface area contributed by atoms with Gasteiger partial charge in [0, 0.05) is 10.5 Å². The molecular weight excluding hydrogens is 282 g/mol. The number of benzene rings is 1. The minimum atomic E-state index is 0.629. The van der Waals surface area contributed by atoms with E-state index in [0.717, 1.165) is 12.3 Å². The van der Waals surface area contributed by atoms with Crippen molar-refractivity contribution < 1.29 is 0 Å². The van der Waals surface area contributed by atoms with Crippen LogP contribution >= 0.6 is 27.7 Å². The fourth-order valence-corrected chi connectivity index (χ4v) is 4.08. The molecule has 0 radical (unpaired) electrons. The van der Waals surface area contributed by atoms with Gasteiger partial charge in [-0.3, -0.25) is 0 Å². The van der Waals surface area contributed by atoms with Gasteiger partial charge >= 0.3 is 0 Å². The third kappa shape index (κ3) is 3.25. The Bertz CT molecular complexity index is 336. The maximum absolute atomic E-state index is 3.53. The quantitative estimate of drug-likeness (QED) is 0.915. The Balaban J connectivity index is 2.00. The molecule has 1 aliphatic heterocycles. The molecule has 0 amide bonds. The maximum Gasteiger partial charge on any atom is 0.0178 e. The smallest absolute Gasteiger partial charge is 0.0178 e. The lowest BCUT2D eigenvalue weighted by molar-refractivity contribution is 0.404. The zero-order chi connectivity index (χ0) is 11.4. The molecule has 0 aliphatic carbocycles. The van der Waals surface area contributed by atoms with E-state index in [9.17, 15) is 0 Å². The van der Waals surface area contributed by atoms with Gasteiger partial charge in [-0.1, -0.05) is 28.1 Å². The molecule has 88 valence electrons. The van der Waals surface area contributed by atoms with Gasteiger partial charge in [0.2, 0.25) is 0 Å². The number of rotatable bonds is 4. The van der Waals surface area contributed by atoms with Crippen LogP contribution in [0.5, 0.6) is 0 Å². The van der Waals surface area contributed by atoms with Crippen LogP contribution in [0, 0.1) is 5.92 Å². The van der Waals surface area contributed by atoms with Gasteiger partial charge in [0.15, 0.2) is 0 Å². The third-order valence-corrected chi connectivity index (χ3v) is 4.93. The summed E-state index contributed by atoms with van der Waals surface area (Å²) in [7, 11) is 2.09. The first-order chi connectivity index (χ1) is 7.79. The summed E-state index contributed by atoms with van der Waals surface area (Å²) in [6.07, 6.45) is 2.51. The molecule has 1 fully saturated rings. The van der Waals surface area contributed by atoms with Gasteiger partial charge in [0.1, 0.15) is 0 Å². The van der Waals surface area contributed by atoms with E-state index in [1.54, 1.807) is 0 Å². The number of likely N-dealkylation sites (N-methyl/N-ethyl adjacent to an activating group) is 1. The molecule has 0 spiro atoms. The highest BCUT2D eigenvalue weighted by molar-refractivity contribution is 9.10. The summed E-state index contributed by atoms with van der Waals surface area (Å²) in [5, 5.41) is 3.48. The van der Waals surface area contributed by atoms with Crippen LogP contribution in [-0.2, 0) is 6.42 Å². The molecule has 0 aromatic heterocycles. The first-order valence-electron chi connectivity index (χ1n) is 5.79. The first-order valence-corrected chi connectivity index (χ1v) is 7.74. The second-order valence-corrected chi connectivity index (χ2v) is 6.42. The number of halogens is 1. The molecule has 16 heavy (non-hydrogen) atoms. The molecule has 2 atom stereocenters. The summed E-state index contributed by atoms with van der Waals surface area (Å²) in [4.78, 5) is 0. The fourth-order valence-electron chi connectivity index (χ4n) is 2.29. The molecule has 1 heterocycles. The molecule has 1 saturated heterocycles. The second-order valence-electron chi connectivity index (χ2n) is 4.35. The SMILES string of the molecule is CNC(Cc1cccc(Br)c1)C1CCSC1. The minimum Gasteiger partial charge on any atom is -0.316 e. The van der Waals surface area contributed by atoms with E-state index in [1.807, 2.05) is 0 Å². The van der Waals surface area contributed by atoms with Gasteiger partial charge in [-0.25, -0.2) is 0 Å². The second kappa shape index (κ2) is 6.08. The van der Waals surface area contributed by atoms with Crippen molar-refractivity contribution in [1.29, 1.82) is 0 Å². The topological polar surface area (TPSA) is 12.0 Å². The molecular formula is C13H18BrNS. The number of hydrogen-bond donors (Lipinski definition) is 1. The Hall–Kier alpha value is 0.01000. The van der Waals surface area contributed by atoms with Crippen LogP contribution in [0.15, 0.2) is 28.7 Å². The van der Waals surface area contributed by atoms with Crippen LogP contribution < -0.4 is 5.32 Å². The zero-order valence-corrected chi connectivity index (χ0v) is 12.0. The third-order valence-electron chi connectivity index (χ3n) is 3.25. The van der Waals surface area contributed by atoms with Crippen LogP contribution in [0.2, 0.25) is 0 Å². The van der Waals surface area contributed by atoms with Crippen molar-refractivity contribution in [3.8, 4) is 0 Å². The highest BCUT2D eigenvalue weighted by atomic mass is 79.9. The lowest BCUT2D eigenvalue weighted by Gasteiger charge is -2.22. The van der Waals surface area contributed by atoms with E-state index in [4.69, 9.17) is 0 Å². The molecule has 1 N–H and O–H groups in total. The number of nitrogens with one attached hydrogen (secondary N) is 1. The predicted octanol–water partition coefficient (Wildman–Crippen LogP) is 3.33. The molecule has 1 nitrogen and oxygen atoms in total. The van der Waals surface area contributed by atoms with E-state index >= 15 is 0 Å². The van der Waals surface area contributed by atoms with Crippen molar-refractivity contribution in [2.45, 2.75) is 18.9 Å². The van der Waals surface area contributed by atoms with Crippen LogP contribution in [0.25, 0.3) is 0 Å². The van der Waals surface area contributed by atoms with Gasteiger partial charge < -0.3 is 5.32 Å². The van der Waals surface area contributed by atoms with Crippen molar-refractivity contribution >= 4 is 27.7 Å². The average molecular weight is 300 g/mol. The largest absolute Gasteiger partial charge is 0.316 e. The molecule has 3 heteroatoms. The number of thioether (sulfide) groups is 1. The van der Waals surface area contributed by atoms with Crippen molar-refractivity contribution in [3.05, 3.63) is 34.3 Å². The van der Waals surface area contributed by atoms with Crippen LogP contribution in [0.1, 0.15) is 12.0 Å². The van der Waals surface area contributed by atoms with E-state index in [-0.39, 0.29) is 0 Å². The Kier molecular flexibility index (Phi) is 4.74. The monoisotopic (exact) mass is 299 g/mol. The Morgan fingerprint density at radius 3 is 3.06 bits per heavy atom. The van der Waals surface area contributed by atoms with E-state index in [0.29, 0.717) is 6.04 Å². The maximum atomic E-state index is 3.53. The molecule has 0 saturated carbocycles. The summed E-state index contributed by atoms with van der Waals surface area (Å²) in [5.41, 5.74) is 1.42. The average Bonchev–Trinajstić information content (AvgIpc) is 2.79. The summed E-state index contributed by atoms with van der Waals surface area (Å²) >= 11 is 5.62. The molecule has 1 aromatic carbocycles. The Morgan fingerprint density at radius 1 is 1.56 bits per heavy atom. The van der Waals surface area contributed by atoms with Gasteiger partial charge in [-0.2, -0.15) is 11.8 Å². The normalized spacial score (nSPS) is 22.2. The fraction of sp³-hybridized carbons (Fsp3) is 0.538.